The monoisotopic (exact) mass is 304 g/mol. The van der Waals surface area contributed by atoms with Crippen LogP contribution in [0.3, 0.4) is 0 Å². The summed E-state index contributed by atoms with van der Waals surface area (Å²) in [5.74, 6) is -2.65. The van der Waals surface area contributed by atoms with Gasteiger partial charge >= 0.3 is 0 Å². The molecular weight excluding hydrogens is 294 g/mol. The first-order valence-electron chi connectivity index (χ1n) is 6.19. The van der Waals surface area contributed by atoms with Gasteiger partial charge in [0.05, 0.1) is 16.6 Å². The molecule has 3 nitrogen and oxygen atoms in total. The van der Waals surface area contributed by atoms with Crippen LogP contribution in [-0.4, -0.2) is 15.3 Å². The summed E-state index contributed by atoms with van der Waals surface area (Å²) in [6, 6.07) is 15.4. The van der Waals surface area contributed by atoms with E-state index in [0.29, 0.717) is 16.6 Å². The molecule has 0 saturated carbocycles. The molecule has 6 heteroatoms. The predicted molar refractivity (Wildman–Crippen MR) is 79.2 cm³/mol. The average molecular weight is 304 g/mol. The molecule has 3 rings (SSSR count). The number of nitrogens with zero attached hydrogens (tertiary/aromatic N) is 2. The van der Waals surface area contributed by atoms with Crippen LogP contribution in [0.1, 0.15) is 0 Å². The van der Waals surface area contributed by atoms with Gasteiger partial charge in [-0.1, -0.05) is 30.3 Å². The van der Waals surface area contributed by atoms with Gasteiger partial charge in [-0.2, -0.15) is 8.78 Å². The molecule has 0 unspecified atom stereocenters. The normalized spacial score (nSPS) is 11.2. The fourth-order valence-electron chi connectivity index (χ4n) is 2.08. The van der Waals surface area contributed by atoms with Gasteiger partial charge in [0.2, 0.25) is 0 Å². The highest BCUT2D eigenvalue weighted by Gasteiger charge is 2.16. The number of para-hydroxylation sites is 2. The molecule has 0 amide bonds. The number of hydrogen-bond acceptors (Lipinski definition) is 3. The van der Waals surface area contributed by atoms with Crippen molar-refractivity contribution in [2.75, 3.05) is 0 Å². The maximum Gasteiger partial charge on any atom is 0.291 e. The van der Waals surface area contributed by atoms with E-state index in [1.54, 1.807) is 54.6 Å². The largest absolute Gasteiger partial charge is 0.291 e. The van der Waals surface area contributed by atoms with E-state index in [1.807, 2.05) is 0 Å². The Balaban J connectivity index is 2.34. The van der Waals surface area contributed by atoms with Crippen LogP contribution in [0.15, 0.2) is 64.5 Å². The molecule has 106 valence electrons. The quantitative estimate of drug-likeness (QED) is 0.546. The van der Waals surface area contributed by atoms with Gasteiger partial charge in [-0.25, -0.2) is 4.98 Å². The smallest absolute Gasteiger partial charge is 0.268 e. The van der Waals surface area contributed by atoms with E-state index in [0.717, 1.165) is 0 Å². The fourth-order valence-corrected chi connectivity index (χ4v) is 2.68. The standard InChI is InChI=1S/C15H10F2N2OS/c16-14(17)21-15-18-12-9-5-4-8-11(12)13(20)19(15)10-6-2-1-3-7-10/h1-9,14H. The van der Waals surface area contributed by atoms with E-state index >= 15 is 0 Å². The van der Waals surface area contributed by atoms with E-state index in [4.69, 9.17) is 0 Å². The first-order valence-corrected chi connectivity index (χ1v) is 7.07. The molecule has 0 radical (unpaired) electrons. The minimum absolute atomic E-state index is 0.0140. The number of halogens is 2. The number of rotatable bonds is 3. The molecule has 0 aliphatic heterocycles. The molecular formula is C15H10F2N2OS. The van der Waals surface area contributed by atoms with Crippen LogP contribution in [0.2, 0.25) is 0 Å². The Morgan fingerprint density at radius 1 is 1.00 bits per heavy atom. The Morgan fingerprint density at radius 3 is 2.38 bits per heavy atom. The van der Waals surface area contributed by atoms with Crippen molar-refractivity contribution in [1.29, 1.82) is 0 Å². The maximum absolute atomic E-state index is 12.8. The van der Waals surface area contributed by atoms with Gasteiger partial charge < -0.3 is 0 Å². The van der Waals surface area contributed by atoms with Crippen LogP contribution in [0.4, 0.5) is 8.78 Å². The molecule has 1 heterocycles. The summed E-state index contributed by atoms with van der Waals surface area (Å²) in [4.78, 5) is 16.8. The van der Waals surface area contributed by atoms with Gasteiger partial charge in [0.1, 0.15) is 0 Å². The third-order valence-electron chi connectivity index (χ3n) is 2.95. The molecule has 0 fully saturated rings. The van der Waals surface area contributed by atoms with Crippen LogP contribution in [0.25, 0.3) is 16.6 Å². The molecule has 0 spiro atoms. The highest BCUT2D eigenvalue weighted by molar-refractivity contribution is 7.99. The molecule has 0 aliphatic rings. The molecule has 2 aromatic carbocycles. The van der Waals surface area contributed by atoms with Gasteiger partial charge in [0, 0.05) is 0 Å². The maximum atomic E-state index is 12.8. The molecule has 0 saturated heterocycles. The number of fused-ring (bicyclic) bond motifs is 1. The SMILES string of the molecule is O=c1c2ccccc2nc(SC(F)F)n1-c1ccccc1. The summed E-state index contributed by atoms with van der Waals surface area (Å²) in [7, 11) is 0. The zero-order valence-corrected chi connectivity index (χ0v) is 11.6. The zero-order chi connectivity index (χ0) is 14.8. The van der Waals surface area contributed by atoms with Crippen molar-refractivity contribution in [3.05, 3.63) is 65.0 Å². The molecule has 0 bridgehead atoms. The summed E-state index contributed by atoms with van der Waals surface area (Å²) in [5.41, 5.74) is 0.580. The van der Waals surface area contributed by atoms with E-state index in [9.17, 15) is 13.6 Å². The van der Waals surface area contributed by atoms with E-state index in [1.165, 1.54) is 4.57 Å². The lowest BCUT2D eigenvalue weighted by atomic mass is 10.2. The summed E-state index contributed by atoms with van der Waals surface area (Å²) in [5, 5.41) is 0.389. The second-order valence-corrected chi connectivity index (χ2v) is 5.22. The number of alkyl halides is 2. The van der Waals surface area contributed by atoms with Gasteiger partial charge in [0.15, 0.2) is 5.16 Å². The average Bonchev–Trinajstić information content (AvgIpc) is 2.48. The van der Waals surface area contributed by atoms with Gasteiger partial charge in [-0.3, -0.25) is 9.36 Å². The van der Waals surface area contributed by atoms with Gasteiger partial charge in [-0.05, 0) is 36.0 Å². The van der Waals surface area contributed by atoms with Gasteiger partial charge in [0.25, 0.3) is 11.3 Å². The number of thioether (sulfide) groups is 1. The third-order valence-corrected chi connectivity index (χ3v) is 3.62. The van der Waals surface area contributed by atoms with E-state index < -0.39 is 5.76 Å². The van der Waals surface area contributed by atoms with Crippen molar-refractivity contribution >= 4 is 22.7 Å². The molecule has 21 heavy (non-hydrogen) atoms. The highest BCUT2D eigenvalue weighted by Crippen LogP contribution is 2.26. The highest BCUT2D eigenvalue weighted by atomic mass is 32.2. The summed E-state index contributed by atoms with van der Waals surface area (Å²) >= 11 is 0.267. The minimum Gasteiger partial charge on any atom is -0.268 e. The summed E-state index contributed by atoms with van der Waals surface area (Å²) in [6.07, 6.45) is 0. The molecule has 1 aromatic heterocycles. The lowest BCUT2D eigenvalue weighted by Crippen LogP contribution is -2.22. The van der Waals surface area contributed by atoms with Crippen LogP contribution >= 0.6 is 11.8 Å². The van der Waals surface area contributed by atoms with Crippen molar-refractivity contribution in [2.45, 2.75) is 10.9 Å². The van der Waals surface area contributed by atoms with E-state index in [-0.39, 0.29) is 22.5 Å². The third kappa shape index (κ3) is 2.67. The lowest BCUT2D eigenvalue weighted by molar-refractivity contribution is 0.251. The van der Waals surface area contributed by atoms with Crippen LogP contribution in [-0.2, 0) is 0 Å². The molecule has 0 N–H and O–H groups in total. The van der Waals surface area contributed by atoms with Crippen molar-refractivity contribution in [1.82, 2.24) is 9.55 Å². The lowest BCUT2D eigenvalue weighted by Gasteiger charge is -2.12. The number of benzene rings is 2. The zero-order valence-electron chi connectivity index (χ0n) is 10.7. The minimum atomic E-state index is -2.65. The van der Waals surface area contributed by atoms with Crippen LogP contribution in [0, 0.1) is 0 Å². The van der Waals surface area contributed by atoms with Crippen LogP contribution in [0.5, 0.6) is 0 Å². The molecule has 0 atom stereocenters. The number of aromatic nitrogens is 2. The predicted octanol–water partition coefficient (Wildman–Crippen LogP) is 3.70. The Hall–Kier alpha value is -2.21. The topological polar surface area (TPSA) is 34.9 Å². The summed E-state index contributed by atoms with van der Waals surface area (Å²) in [6.45, 7) is 0. The van der Waals surface area contributed by atoms with Crippen LogP contribution < -0.4 is 5.56 Å². The Morgan fingerprint density at radius 2 is 1.67 bits per heavy atom. The van der Waals surface area contributed by atoms with Crippen molar-refractivity contribution in [3.63, 3.8) is 0 Å². The first kappa shape index (κ1) is 13.8. The fraction of sp³-hybridized carbons (Fsp3) is 0.0667. The van der Waals surface area contributed by atoms with Gasteiger partial charge in [-0.15, -0.1) is 0 Å². The second kappa shape index (κ2) is 5.65. The Kier molecular flexibility index (Phi) is 3.70. The van der Waals surface area contributed by atoms with E-state index in [2.05, 4.69) is 4.98 Å². The first-order chi connectivity index (χ1) is 10.2. The van der Waals surface area contributed by atoms with Crippen molar-refractivity contribution in [2.24, 2.45) is 0 Å². The number of hydrogen-bond donors (Lipinski definition) is 0. The van der Waals surface area contributed by atoms with Crippen molar-refractivity contribution < 1.29 is 8.78 Å². The Bertz CT molecular complexity index is 834. The molecule has 0 aliphatic carbocycles. The second-order valence-electron chi connectivity index (χ2n) is 4.27. The summed E-state index contributed by atoms with van der Waals surface area (Å²) < 4.78 is 26.7. The Labute approximate surface area is 123 Å². The molecule has 3 aromatic rings. The van der Waals surface area contributed by atoms with Crippen molar-refractivity contribution in [3.8, 4) is 5.69 Å².